The number of rotatable bonds is 8. The molecular formula is C21H33N5O. The third-order valence-corrected chi connectivity index (χ3v) is 4.86. The Kier molecular flexibility index (Phi) is 7.70. The fourth-order valence-corrected chi connectivity index (χ4v) is 3.33. The van der Waals surface area contributed by atoms with Crippen molar-refractivity contribution in [2.75, 3.05) is 20.7 Å². The first-order valence-electron chi connectivity index (χ1n) is 9.65. The second-order valence-corrected chi connectivity index (χ2v) is 6.61. The number of ether oxygens (including phenoxy) is 1. The number of guanidine groups is 1. The van der Waals surface area contributed by atoms with E-state index in [1.165, 1.54) is 16.8 Å². The lowest BCUT2D eigenvalue weighted by atomic mass is 10.1. The van der Waals surface area contributed by atoms with Gasteiger partial charge in [0.15, 0.2) is 5.96 Å². The SMILES string of the molecule is CCc1nn(C)c(CC)c1CNC(=NC)NCCc1ccc(C)c(OC)c1. The van der Waals surface area contributed by atoms with E-state index in [0.29, 0.717) is 0 Å². The molecule has 0 bridgehead atoms. The summed E-state index contributed by atoms with van der Waals surface area (Å²) < 4.78 is 7.40. The van der Waals surface area contributed by atoms with Crippen molar-refractivity contribution in [3.63, 3.8) is 0 Å². The molecule has 0 saturated carbocycles. The number of aliphatic imine (C=N–C) groups is 1. The molecule has 2 N–H and O–H groups in total. The quantitative estimate of drug-likeness (QED) is 0.553. The molecule has 6 heteroatoms. The minimum absolute atomic E-state index is 0.734. The van der Waals surface area contributed by atoms with Crippen molar-refractivity contribution in [2.45, 2.75) is 46.6 Å². The second kappa shape index (κ2) is 10.00. The molecule has 1 heterocycles. The van der Waals surface area contributed by atoms with E-state index in [4.69, 9.17) is 4.74 Å². The summed E-state index contributed by atoms with van der Waals surface area (Å²) in [6, 6.07) is 6.35. The lowest BCUT2D eigenvalue weighted by Crippen LogP contribution is -2.38. The van der Waals surface area contributed by atoms with Gasteiger partial charge in [-0.3, -0.25) is 9.67 Å². The molecule has 1 aromatic carbocycles. The number of nitrogens with zero attached hydrogens (tertiary/aromatic N) is 3. The van der Waals surface area contributed by atoms with Crippen LogP contribution in [0.4, 0.5) is 0 Å². The van der Waals surface area contributed by atoms with E-state index in [-0.39, 0.29) is 0 Å². The molecule has 1 aromatic heterocycles. The minimum Gasteiger partial charge on any atom is -0.496 e. The Bertz CT molecular complexity index is 779. The summed E-state index contributed by atoms with van der Waals surface area (Å²) in [7, 11) is 5.53. The number of nitrogens with one attached hydrogen (secondary N) is 2. The van der Waals surface area contributed by atoms with Crippen LogP contribution in [0, 0.1) is 6.92 Å². The van der Waals surface area contributed by atoms with Gasteiger partial charge in [-0.15, -0.1) is 0 Å². The number of hydrogen-bond donors (Lipinski definition) is 2. The Morgan fingerprint density at radius 3 is 2.63 bits per heavy atom. The molecular weight excluding hydrogens is 338 g/mol. The van der Waals surface area contributed by atoms with Crippen LogP contribution < -0.4 is 15.4 Å². The monoisotopic (exact) mass is 371 g/mol. The first-order valence-corrected chi connectivity index (χ1v) is 9.65. The predicted octanol–water partition coefficient (Wildman–Crippen LogP) is 2.77. The molecule has 0 atom stereocenters. The molecule has 27 heavy (non-hydrogen) atoms. The topological polar surface area (TPSA) is 63.5 Å². The van der Waals surface area contributed by atoms with Crippen molar-refractivity contribution < 1.29 is 4.74 Å². The number of aromatic nitrogens is 2. The molecule has 0 aliphatic rings. The highest BCUT2D eigenvalue weighted by Crippen LogP contribution is 2.19. The van der Waals surface area contributed by atoms with Gasteiger partial charge in [-0.1, -0.05) is 26.0 Å². The van der Waals surface area contributed by atoms with Crippen molar-refractivity contribution in [2.24, 2.45) is 12.0 Å². The van der Waals surface area contributed by atoms with Gasteiger partial charge < -0.3 is 15.4 Å². The summed E-state index contributed by atoms with van der Waals surface area (Å²) in [5, 5.41) is 11.5. The van der Waals surface area contributed by atoms with E-state index >= 15 is 0 Å². The summed E-state index contributed by atoms with van der Waals surface area (Å²) in [6.45, 7) is 7.91. The average molecular weight is 372 g/mol. The standard InChI is InChI=1S/C21H33N5O/c1-7-18-17(19(8-2)26(5)25-18)14-24-21(22-4)23-12-11-16-10-9-15(3)20(13-16)27-6/h9-10,13H,7-8,11-12,14H2,1-6H3,(H2,22,23,24). The zero-order chi connectivity index (χ0) is 19.8. The number of benzene rings is 1. The molecule has 0 radical (unpaired) electrons. The summed E-state index contributed by atoms with van der Waals surface area (Å²) in [5.74, 6) is 1.74. The maximum atomic E-state index is 5.40. The molecule has 6 nitrogen and oxygen atoms in total. The second-order valence-electron chi connectivity index (χ2n) is 6.61. The van der Waals surface area contributed by atoms with Crippen LogP contribution in [0.3, 0.4) is 0 Å². The van der Waals surface area contributed by atoms with Crippen LogP contribution in [-0.4, -0.2) is 36.4 Å². The summed E-state index contributed by atoms with van der Waals surface area (Å²) in [6.07, 6.45) is 2.82. The molecule has 0 aliphatic heterocycles. The van der Waals surface area contributed by atoms with Crippen LogP contribution in [-0.2, 0) is 32.9 Å². The Balaban J connectivity index is 1.92. The normalized spacial score (nSPS) is 11.6. The lowest BCUT2D eigenvalue weighted by Gasteiger charge is -2.13. The van der Waals surface area contributed by atoms with Gasteiger partial charge in [-0.2, -0.15) is 5.10 Å². The third kappa shape index (κ3) is 5.25. The van der Waals surface area contributed by atoms with Gasteiger partial charge in [-0.25, -0.2) is 0 Å². The molecule has 0 unspecified atom stereocenters. The van der Waals surface area contributed by atoms with Crippen LogP contribution in [0.5, 0.6) is 5.75 Å². The Hall–Kier alpha value is -2.50. The zero-order valence-corrected chi connectivity index (χ0v) is 17.5. The Morgan fingerprint density at radius 1 is 1.22 bits per heavy atom. The van der Waals surface area contributed by atoms with Crippen LogP contribution in [0.25, 0.3) is 0 Å². The average Bonchev–Trinajstić information content (AvgIpc) is 3.00. The van der Waals surface area contributed by atoms with Gasteiger partial charge in [0, 0.05) is 38.4 Å². The van der Waals surface area contributed by atoms with Gasteiger partial charge in [-0.05, 0) is 43.4 Å². The van der Waals surface area contributed by atoms with Crippen molar-refractivity contribution in [1.29, 1.82) is 0 Å². The van der Waals surface area contributed by atoms with Crippen molar-refractivity contribution in [3.8, 4) is 5.75 Å². The third-order valence-electron chi connectivity index (χ3n) is 4.86. The lowest BCUT2D eigenvalue weighted by molar-refractivity contribution is 0.411. The van der Waals surface area contributed by atoms with E-state index in [1.54, 1.807) is 14.2 Å². The molecule has 0 fully saturated rings. The minimum atomic E-state index is 0.734. The van der Waals surface area contributed by atoms with Gasteiger partial charge in [0.2, 0.25) is 0 Å². The van der Waals surface area contributed by atoms with E-state index in [1.807, 2.05) is 11.7 Å². The highest BCUT2D eigenvalue weighted by molar-refractivity contribution is 5.79. The van der Waals surface area contributed by atoms with Gasteiger partial charge in [0.1, 0.15) is 5.75 Å². The molecule has 0 saturated heterocycles. The highest BCUT2D eigenvalue weighted by Gasteiger charge is 2.13. The molecule has 0 aliphatic carbocycles. The smallest absolute Gasteiger partial charge is 0.191 e. The van der Waals surface area contributed by atoms with Gasteiger partial charge >= 0.3 is 0 Å². The number of methoxy groups -OCH3 is 1. The van der Waals surface area contributed by atoms with Crippen LogP contribution in [0.15, 0.2) is 23.2 Å². The maximum Gasteiger partial charge on any atom is 0.191 e. The molecule has 0 amide bonds. The molecule has 2 rings (SSSR count). The van der Waals surface area contributed by atoms with E-state index in [2.05, 4.69) is 59.7 Å². The van der Waals surface area contributed by atoms with E-state index < -0.39 is 0 Å². The van der Waals surface area contributed by atoms with Gasteiger partial charge in [0.25, 0.3) is 0 Å². The number of hydrogen-bond acceptors (Lipinski definition) is 3. The summed E-state index contributed by atoms with van der Waals surface area (Å²) >= 11 is 0. The summed E-state index contributed by atoms with van der Waals surface area (Å²) in [5.41, 5.74) is 6.12. The fraction of sp³-hybridized carbons (Fsp3) is 0.524. The maximum absolute atomic E-state index is 5.40. The predicted molar refractivity (Wildman–Crippen MR) is 112 cm³/mol. The van der Waals surface area contributed by atoms with Crippen LogP contribution in [0.2, 0.25) is 0 Å². The molecule has 0 spiro atoms. The highest BCUT2D eigenvalue weighted by atomic mass is 16.5. The number of aryl methyl sites for hydroxylation is 3. The van der Waals surface area contributed by atoms with E-state index in [9.17, 15) is 0 Å². The zero-order valence-electron chi connectivity index (χ0n) is 17.5. The van der Waals surface area contributed by atoms with Crippen molar-refractivity contribution >= 4 is 5.96 Å². The fourth-order valence-electron chi connectivity index (χ4n) is 3.33. The Morgan fingerprint density at radius 2 is 2.00 bits per heavy atom. The summed E-state index contributed by atoms with van der Waals surface area (Å²) in [4.78, 5) is 4.34. The van der Waals surface area contributed by atoms with Crippen molar-refractivity contribution in [1.82, 2.24) is 20.4 Å². The van der Waals surface area contributed by atoms with Crippen LogP contribution in [0.1, 0.15) is 41.9 Å². The molecule has 148 valence electrons. The first-order chi connectivity index (χ1) is 13.0. The largest absolute Gasteiger partial charge is 0.496 e. The van der Waals surface area contributed by atoms with Crippen LogP contribution >= 0.6 is 0 Å². The van der Waals surface area contributed by atoms with Crippen molar-refractivity contribution in [3.05, 3.63) is 46.3 Å². The van der Waals surface area contributed by atoms with E-state index in [0.717, 1.165) is 55.3 Å². The first kappa shape index (κ1) is 20.8. The Labute approximate surface area is 163 Å². The van der Waals surface area contributed by atoms with Gasteiger partial charge in [0.05, 0.1) is 12.8 Å². The molecule has 2 aromatic rings.